The normalized spacial score (nSPS) is 14.1. The lowest BCUT2D eigenvalue weighted by Gasteiger charge is -2.17. The monoisotopic (exact) mass is 313 g/mol. The molecule has 0 heterocycles. The van der Waals surface area contributed by atoms with Crippen LogP contribution in [0.5, 0.6) is 5.75 Å². The number of carbonyl (C=O) groups excluding carboxylic acids is 1. The number of benzene rings is 1. The average molecular weight is 314 g/mol. The van der Waals surface area contributed by atoms with Crippen molar-refractivity contribution in [3.8, 4) is 5.75 Å². The highest BCUT2D eigenvalue weighted by molar-refractivity contribution is 9.10. The summed E-state index contributed by atoms with van der Waals surface area (Å²) in [5.41, 5.74) is 6.88. The Balaban J connectivity index is 2.73. The van der Waals surface area contributed by atoms with Crippen LogP contribution in [0.2, 0.25) is 0 Å². The molecular weight excluding hydrogens is 294 g/mol. The molecule has 0 radical (unpaired) electrons. The molecule has 1 rings (SSSR count). The third kappa shape index (κ3) is 3.82. The Morgan fingerprint density at radius 2 is 2.17 bits per heavy atom. The summed E-state index contributed by atoms with van der Waals surface area (Å²) in [6.07, 6.45) is 1.29. The zero-order valence-corrected chi connectivity index (χ0v) is 12.7. The summed E-state index contributed by atoms with van der Waals surface area (Å²) in [7, 11) is 1.61. The lowest BCUT2D eigenvalue weighted by atomic mass is 9.93. The summed E-state index contributed by atoms with van der Waals surface area (Å²) in [6.45, 7) is 4.05. The molecule has 2 unspecified atom stereocenters. The minimum absolute atomic E-state index is 0.0846. The van der Waals surface area contributed by atoms with Crippen molar-refractivity contribution in [2.45, 2.75) is 32.7 Å². The van der Waals surface area contributed by atoms with Gasteiger partial charge < -0.3 is 10.5 Å². The smallest absolute Gasteiger partial charge is 0.154 e. The zero-order valence-electron chi connectivity index (χ0n) is 11.1. The highest BCUT2D eigenvalue weighted by Crippen LogP contribution is 2.26. The van der Waals surface area contributed by atoms with Crippen LogP contribution in [-0.4, -0.2) is 18.9 Å². The van der Waals surface area contributed by atoms with E-state index in [0.717, 1.165) is 22.2 Å². The van der Waals surface area contributed by atoms with Crippen molar-refractivity contribution < 1.29 is 9.53 Å². The third-order valence-electron chi connectivity index (χ3n) is 3.22. The molecule has 4 heteroatoms. The Kier molecular flexibility index (Phi) is 5.82. The van der Waals surface area contributed by atoms with Crippen molar-refractivity contribution in [3.05, 3.63) is 28.2 Å². The maximum absolute atomic E-state index is 12.0. The van der Waals surface area contributed by atoms with Gasteiger partial charge in [-0.15, -0.1) is 0 Å². The van der Waals surface area contributed by atoms with Crippen LogP contribution in [0.4, 0.5) is 0 Å². The molecule has 0 spiro atoms. The van der Waals surface area contributed by atoms with E-state index in [1.165, 1.54) is 0 Å². The van der Waals surface area contributed by atoms with E-state index in [2.05, 4.69) is 15.9 Å². The van der Waals surface area contributed by atoms with Gasteiger partial charge in [0.1, 0.15) is 5.75 Å². The Bertz CT molecular complexity index is 420. The van der Waals surface area contributed by atoms with Crippen molar-refractivity contribution in [1.82, 2.24) is 0 Å². The number of hydrogen-bond acceptors (Lipinski definition) is 3. The fourth-order valence-electron chi connectivity index (χ4n) is 1.71. The molecule has 2 atom stereocenters. The number of carbonyl (C=O) groups is 1. The summed E-state index contributed by atoms with van der Waals surface area (Å²) in [6, 6.07) is 5.27. The second-order valence-corrected chi connectivity index (χ2v) is 5.38. The first-order chi connectivity index (χ1) is 8.49. The molecule has 0 saturated carbocycles. The summed E-state index contributed by atoms with van der Waals surface area (Å²) >= 11 is 3.41. The van der Waals surface area contributed by atoms with E-state index in [9.17, 15) is 4.79 Å². The Morgan fingerprint density at radius 3 is 2.67 bits per heavy atom. The van der Waals surface area contributed by atoms with Crippen LogP contribution < -0.4 is 10.5 Å². The summed E-state index contributed by atoms with van der Waals surface area (Å²) < 4.78 is 6.01. The second-order valence-electron chi connectivity index (χ2n) is 4.52. The molecule has 0 aliphatic heterocycles. The van der Waals surface area contributed by atoms with Gasteiger partial charge in [0.2, 0.25) is 0 Å². The van der Waals surface area contributed by atoms with Gasteiger partial charge in [-0.2, -0.15) is 0 Å². The van der Waals surface area contributed by atoms with Crippen molar-refractivity contribution in [2.75, 3.05) is 7.11 Å². The number of Topliss-reactive ketones (excluding diaryl/α,β-unsaturated/α-hetero) is 1. The number of halogens is 1. The summed E-state index contributed by atoms with van der Waals surface area (Å²) in [5, 5.41) is 0. The molecular formula is C14H20BrNO2. The topological polar surface area (TPSA) is 52.3 Å². The third-order valence-corrected chi connectivity index (χ3v) is 3.84. The average Bonchev–Trinajstić information content (AvgIpc) is 2.37. The number of hydrogen-bond donors (Lipinski definition) is 1. The SMILES string of the molecule is CCC(C)C(N)C(=O)Cc1ccc(OC)c(Br)c1. The van der Waals surface area contributed by atoms with Crippen molar-refractivity contribution in [2.24, 2.45) is 11.7 Å². The lowest BCUT2D eigenvalue weighted by molar-refractivity contribution is -0.120. The number of nitrogens with two attached hydrogens (primary N) is 1. The number of ketones is 1. The quantitative estimate of drug-likeness (QED) is 0.878. The highest BCUT2D eigenvalue weighted by Gasteiger charge is 2.19. The van der Waals surface area contributed by atoms with Crippen LogP contribution >= 0.6 is 15.9 Å². The molecule has 0 fully saturated rings. The van der Waals surface area contributed by atoms with Crippen LogP contribution in [0.25, 0.3) is 0 Å². The summed E-state index contributed by atoms with van der Waals surface area (Å²) in [5.74, 6) is 1.07. The van der Waals surface area contributed by atoms with Gasteiger partial charge in [0.15, 0.2) is 5.78 Å². The maximum Gasteiger partial charge on any atom is 0.154 e. The standard InChI is InChI=1S/C14H20BrNO2/c1-4-9(2)14(16)12(17)8-10-5-6-13(18-3)11(15)7-10/h5-7,9,14H,4,8,16H2,1-3H3. The summed E-state index contributed by atoms with van der Waals surface area (Å²) in [4.78, 5) is 12.0. The number of methoxy groups -OCH3 is 1. The lowest BCUT2D eigenvalue weighted by Crippen LogP contribution is -2.37. The van der Waals surface area contributed by atoms with Crippen molar-refractivity contribution in [1.29, 1.82) is 0 Å². The van der Waals surface area contributed by atoms with Gasteiger partial charge in [0.05, 0.1) is 17.6 Å². The molecule has 0 aliphatic carbocycles. The second kappa shape index (κ2) is 6.90. The predicted octanol–water partition coefficient (Wildman–Crippen LogP) is 2.94. The molecule has 0 saturated heterocycles. The number of ether oxygens (including phenoxy) is 1. The van der Waals surface area contributed by atoms with Crippen LogP contribution in [0.15, 0.2) is 22.7 Å². The Hall–Kier alpha value is -0.870. The van der Waals surface area contributed by atoms with E-state index < -0.39 is 0 Å². The van der Waals surface area contributed by atoms with Gasteiger partial charge in [-0.05, 0) is 39.5 Å². The van der Waals surface area contributed by atoms with Gasteiger partial charge in [-0.3, -0.25) is 4.79 Å². The largest absolute Gasteiger partial charge is 0.496 e. The molecule has 0 amide bonds. The van der Waals surface area contributed by atoms with E-state index in [1.807, 2.05) is 32.0 Å². The number of rotatable bonds is 6. The van der Waals surface area contributed by atoms with Crippen LogP contribution in [0.3, 0.4) is 0 Å². The fraction of sp³-hybridized carbons (Fsp3) is 0.500. The molecule has 0 aliphatic rings. The molecule has 3 nitrogen and oxygen atoms in total. The van der Waals surface area contributed by atoms with Crippen LogP contribution in [0, 0.1) is 5.92 Å². The molecule has 0 aromatic heterocycles. The van der Waals surface area contributed by atoms with Gasteiger partial charge >= 0.3 is 0 Å². The Morgan fingerprint density at radius 1 is 1.50 bits per heavy atom. The molecule has 2 N–H and O–H groups in total. The first-order valence-electron chi connectivity index (χ1n) is 6.10. The Labute approximate surface area is 117 Å². The minimum Gasteiger partial charge on any atom is -0.496 e. The van der Waals surface area contributed by atoms with Crippen molar-refractivity contribution >= 4 is 21.7 Å². The maximum atomic E-state index is 12.0. The molecule has 0 bridgehead atoms. The van der Waals surface area contributed by atoms with Gasteiger partial charge in [0, 0.05) is 6.42 Å². The minimum atomic E-state index is -0.379. The van der Waals surface area contributed by atoms with E-state index in [1.54, 1.807) is 7.11 Å². The van der Waals surface area contributed by atoms with E-state index >= 15 is 0 Å². The van der Waals surface area contributed by atoms with Gasteiger partial charge in [-0.1, -0.05) is 26.3 Å². The molecule has 100 valence electrons. The van der Waals surface area contributed by atoms with Crippen molar-refractivity contribution in [3.63, 3.8) is 0 Å². The molecule has 1 aromatic carbocycles. The first kappa shape index (κ1) is 15.2. The molecule has 1 aromatic rings. The van der Waals surface area contributed by atoms with Gasteiger partial charge in [0.25, 0.3) is 0 Å². The molecule has 18 heavy (non-hydrogen) atoms. The van der Waals surface area contributed by atoms with Gasteiger partial charge in [-0.25, -0.2) is 0 Å². The van der Waals surface area contributed by atoms with Crippen LogP contribution in [0.1, 0.15) is 25.8 Å². The predicted molar refractivity (Wildman–Crippen MR) is 76.8 cm³/mol. The fourth-order valence-corrected chi connectivity index (χ4v) is 2.30. The zero-order chi connectivity index (χ0) is 13.7. The van der Waals surface area contributed by atoms with E-state index in [4.69, 9.17) is 10.5 Å². The highest BCUT2D eigenvalue weighted by atomic mass is 79.9. The van der Waals surface area contributed by atoms with E-state index in [0.29, 0.717) is 6.42 Å². The first-order valence-corrected chi connectivity index (χ1v) is 6.89. The van der Waals surface area contributed by atoms with Crippen LogP contribution in [-0.2, 0) is 11.2 Å². The van der Waals surface area contributed by atoms with E-state index in [-0.39, 0.29) is 17.7 Å².